The van der Waals surface area contributed by atoms with E-state index in [0.717, 1.165) is 37.4 Å². The molecule has 0 unspecified atom stereocenters. The third-order valence-electron chi connectivity index (χ3n) is 4.88. The maximum Gasteiger partial charge on any atom is 0.454 e. The predicted octanol–water partition coefficient (Wildman–Crippen LogP) is 3.47. The van der Waals surface area contributed by atoms with E-state index in [2.05, 4.69) is 15.5 Å². The molecule has 2 N–H and O–H groups in total. The highest BCUT2D eigenvalue weighted by Gasteiger charge is 2.40. The van der Waals surface area contributed by atoms with Gasteiger partial charge in [0.05, 0.1) is 19.8 Å². The second kappa shape index (κ2) is 9.25. The van der Waals surface area contributed by atoms with Crippen LogP contribution in [0.25, 0.3) is 0 Å². The number of halogens is 3. The Morgan fingerprint density at radius 3 is 2.27 bits per heavy atom. The Labute approximate surface area is 173 Å². The number of Topliss-reactive ketones (excluding diaryl/α,β-unsaturated/α-hetero) is 1. The molecule has 6 nitrogen and oxygen atoms in total. The Hall–Kier alpha value is -2.94. The van der Waals surface area contributed by atoms with E-state index in [0.29, 0.717) is 11.5 Å². The van der Waals surface area contributed by atoms with Crippen LogP contribution in [0.2, 0.25) is 0 Å². The number of benzene rings is 2. The van der Waals surface area contributed by atoms with Crippen LogP contribution in [-0.2, 0) is 6.54 Å². The number of carbonyl (C=O) groups excluding carboxylic acids is 1. The molecule has 1 saturated heterocycles. The molecule has 2 aromatic carbocycles. The summed E-state index contributed by atoms with van der Waals surface area (Å²) in [5, 5.41) is 6.22. The number of rotatable bonds is 7. The Morgan fingerprint density at radius 2 is 1.70 bits per heavy atom. The fourth-order valence-electron chi connectivity index (χ4n) is 3.31. The van der Waals surface area contributed by atoms with Gasteiger partial charge < -0.3 is 25.0 Å². The molecule has 0 radical (unpaired) electrons. The van der Waals surface area contributed by atoms with Gasteiger partial charge >= 0.3 is 6.18 Å². The number of ketones is 1. The van der Waals surface area contributed by atoms with Crippen LogP contribution in [0.1, 0.15) is 15.9 Å². The van der Waals surface area contributed by atoms with Gasteiger partial charge in [0.15, 0.2) is 0 Å². The molecule has 0 spiro atoms. The Bertz CT molecular complexity index is 875. The van der Waals surface area contributed by atoms with Gasteiger partial charge in [-0.05, 0) is 35.9 Å². The van der Waals surface area contributed by atoms with Crippen LogP contribution in [-0.4, -0.2) is 52.4 Å². The molecule has 0 aromatic heterocycles. The number of ether oxygens (including phenoxy) is 2. The fourth-order valence-corrected chi connectivity index (χ4v) is 3.31. The van der Waals surface area contributed by atoms with Crippen molar-refractivity contribution in [3.8, 4) is 11.5 Å². The number of alkyl halides is 3. The lowest BCUT2D eigenvalue weighted by molar-refractivity contribution is -0.0884. The minimum absolute atomic E-state index is 0.134. The van der Waals surface area contributed by atoms with Gasteiger partial charge in [0.1, 0.15) is 11.5 Å². The van der Waals surface area contributed by atoms with Gasteiger partial charge in [-0.25, -0.2) is 0 Å². The van der Waals surface area contributed by atoms with Gasteiger partial charge in [-0.1, -0.05) is 0 Å². The maximum absolute atomic E-state index is 13.1. The summed E-state index contributed by atoms with van der Waals surface area (Å²) < 4.78 is 49.8. The highest BCUT2D eigenvalue weighted by atomic mass is 19.4. The van der Waals surface area contributed by atoms with Crippen LogP contribution < -0.4 is 25.0 Å². The molecule has 0 aliphatic carbocycles. The van der Waals surface area contributed by atoms with Crippen molar-refractivity contribution in [3.63, 3.8) is 0 Å². The quantitative estimate of drug-likeness (QED) is 0.665. The van der Waals surface area contributed by atoms with E-state index in [1.165, 1.54) is 20.3 Å². The average Bonchev–Trinajstić information content (AvgIpc) is 2.76. The number of carbonyl (C=O) groups is 1. The zero-order valence-electron chi connectivity index (χ0n) is 16.8. The second-order valence-electron chi connectivity index (χ2n) is 6.87. The van der Waals surface area contributed by atoms with Crippen LogP contribution >= 0.6 is 0 Å². The van der Waals surface area contributed by atoms with Crippen molar-refractivity contribution in [1.29, 1.82) is 0 Å². The smallest absolute Gasteiger partial charge is 0.454 e. The lowest BCUT2D eigenvalue weighted by atomic mass is 10.1. The van der Waals surface area contributed by atoms with Crippen LogP contribution in [0.15, 0.2) is 36.4 Å². The predicted molar refractivity (Wildman–Crippen MR) is 109 cm³/mol. The van der Waals surface area contributed by atoms with E-state index in [-0.39, 0.29) is 12.2 Å². The molecule has 0 bridgehead atoms. The number of hydrogen-bond acceptors (Lipinski definition) is 6. The fraction of sp³-hybridized carbons (Fsp3) is 0.381. The summed E-state index contributed by atoms with van der Waals surface area (Å²) in [6, 6.07) is 9.60. The molecule has 1 heterocycles. The van der Waals surface area contributed by atoms with Crippen LogP contribution in [0, 0.1) is 0 Å². The summed E-state index contributed by atoms with van der Waals surface area (Å²) in [7, 11) is 3.03. The van der Waals surface area contributed by atoms with Crippen molar-refractivity contribution < 1.29 is 27.4 Å². The highest BCUT2D eigenvalue weighted by molar-refractivity contribution is 6.05. The largest absolute Gasteiger partial charge is 0.497 e. The maximum atomic E-state index is 13.1. The molecule has 1 aliphatic heterocycles. The van der Waals surface area contributed by atoms with Gasteiger partial charge in [-0.15, -0.1) is 0 Å². The molecular formula is C21H24F3N3O3. The SMILES string of the molecule is COc1cc(CNc2cc(N3CCNCC3)ccc2C(=O)C(F)(F)F)cc(OC)c1. The Morgan fingerprint density at radius 1 is 1.07 bits per heavy atom. The van der Waals surface area contributed by atoms with Crippen LogP contribution in [0.4, 0.5) is 24.5 Å². The first-order valence-corrected chi connectivity index (χ1v) is 9.49. The number of methoxy groups -OCH3 is 2. The first-order valence-electron chi connectivity index (χ1n) is 9.49. The van der Waals surface area contributed by atoms with Gasteiger partial charge in [-0.2, -0.15) is 13.2 Å². The molecule has 30 heavy (non-hydrogen) atoms. The van der Waals surface area contributed by atoms with E-state index in [4.69, 9.17) is 9.47 Å². The standard InChI is InChI=1S/C21H24F3N3O3/c1-29-16-9-14(10-17(12-16)30-2)13-26-19-11-15(27-7-5-25-6-8-27)3-4-18(19)20(28)21(22,23)24/h3-4,9-12,25-26H,5-8,13H2,1-2H3. The molecule has 1 aliphatic rings. The first-order chi connectivity index (χ1) is 14.3. The van der Waals surface area contributed by atoms with E-state index < -0.39 is 17.5 Å². The molecule has 2 aromatic rings. The zero-order valence-corrected chi connectivity index (χ0v) is 16.8. The normalized spacial score (nSPS) is 14.4. The lowest BCUT2D eigenvalue weighted by Gasteiger charge is -2.30. The average molecular weight is 423 g/mol. The van der Waals surface area contributed by atoms with Gasteiger partial charge in [0.25, 0.3) is 5.78 Å². The van der Waals surface area contributed by atoms with Gasteiger partial charge in [0.2, 0.25) is 0 Å². The first kappa shape index (κ1) is 21.8. The summed E-state index contributed by atoms with van der Waals surface area (Å²) in [4.78, 5) is 14.0. The summed E-state index contributed by atoms with van der Waals surface area (Å²) in [6.45, 7) is 3.24. The van der Waals surface area contributed by atoms with Crippen molar-refractivity contribution in [2.24, 2.45) is 0 Å². The van der Waals surface area contributed by atoms with Gasteiger partial charge in [-0.3, -0.25) is 4.79 Å². The molecule has 0 amide bonds. The van der Waals surface area contributed by atoms with Crippen molar-refractivity contribution in [3.05, 3.63) is 47.5 Å². The topological polar surface area (TPSA) is 62.8 Å². The van der Waals surface area contributed by atoms with E-state index in [9.17, 15) is 18.0 Å². The monoisotopic (exact) mass is 423 g/mol. The minimum atomic E-state index is -4.95. The number of hydrogen-bond donors (Lipinski definition) is 2. The third-order valence-corrected chi connectivity index (χ3v) is 4.88. The molecule has 9 heteroatoms. The number of piperazine rings is 1. The van der Waals surface area contributed by atoms with Crippen molar-refractivity contribution in [2.75, 3.05) is 50.6 Å². The van der Waals surface area contributed by atoms with Crippen molar-refractivity contribution >= 4 is 17.2 Å². The lowest BCUT2D eigenvalue weighted by Crippen LogP contribution is -2.43. The van der Waals surface area contributed by atoms with Crippen LogP contribution in [0.3, 0.4) is 0 Å². The molecule has 0 atom stereocenters. The van der Waals surface area contributed by atoms with E-state index >= 15 is 0 Å². The second-order valence-corrected chi connectivity index (χ2v) is 6.87. The van der Waals surface area contributed by atoms with Crippen molar-refractivity contribution in [1.82, 2.24) is 5.32 Å². The summed E-state index contributed by atoms with van der Waals surface area (Å²) in [6.07, 6.45) is -4.95. The number of nitrogens with one attached hydrogen (secondary N) is 2. The zero-order chi connectivity index (χ0) is 21.7. The number of anilines is 2. The third kappa shape index (κ3) is 5.15. The minimum Gasteiger partial charge on any atom is -0.497 e. The highest BCUT2D eigenvalue weighted by Crippen LogP contribution is 2.31. The van der Waals surface area contributed by atoms with E-state index in [1.807, 2.05) is 0 Å². The van der Waals surface area contributed by atoms with Crippen LogP contribution in [0.5, 0.6) is 11.5 Å². The molecule has 0 saturated carbocycles. The van der Waals surface area contributed by atoms with Crippen molar-refractivity contribution in [2.45, 2.75) is 12.7 Å². The summed E-state index contributed by atoms with van der Waals surface area (Å²) in [5.74, 6) is -0.750. The Kier molecular flexibility index (Phi) is 6.71. The van der Waals surface area contributed by atoms with Gasteiger partial charge in [0, 0.05) is 50.2 Å². The number of nitrogens with zero attached hydrogens (tertiary/aromatic N) is 1. The molecule has 3 rings (SSSR count). The summed E-state index contributed by atoms with van der Waals surface area (Å²) >= 11 is 0. The Balaban J connectivity index is 1.90. The molecule has 162 valence electrons. The van der Waals surface area contributed by atoms with E-state index in [1.54, 1.807) is 30.3 Å². The summed E-state index contributed by atoms with van der Waals surface area (Å²) in [5.41, 5.74) is 1.23. The molecule has 1 fully saturated rings. The molecular weight excluding hydrogens is 399 g/mol.